The molecule has 88 valence electrons. The van der Waals surface area contributed by atoms with Gasteiger partial charge in [0.05, 0.1) is 0 Å². The standard InChI is InChI=1S/C14H20ClN/c1-11(10-16-13-6-4-7-13)9-12-5-2-3-8-14(12)15/h2-3,5,8,11,13,16H,4,6-7,9-10H2,1H3. The van der Waals surface area contributed by atoms with Crippen LogP contribution in [0.15, 0.2) is 24.3 Å². The van der Waals surface area contributed by atoms with Gasteiger partial charge in [0, 0.05) is 11.1 Å². The van der Waals surface area contributed by atoms with E-state index < -0.39 is 0 Å². The maximum Gasteiger partial charge on any atom is 0.0438 e. The van der Waals surface area contributed by atoms with Crippen LogP contribution in [0.5, 0.6) is 0 Å². The number of benzene rings is 1. The zero-order valence-electron chi connectivity index (χ0n) is 9.88. The molecule has 1 N–H and O–H groups in total. The van der Waals surface area contributed by atoms with Crippen LogP contribution in [0.2, 0.25) is 5.02 Å². The fourth-order valence-corrected chi connectivity index (χ4v) is 2.30. The van der Waals surface area contributed by atoms with E-state index in [1.165, 1.54) is 24.8 Å². The first-order valence-corrected chi connectivity index (χ1v) is 6.60. The molecule has 0 heterocycles. The summed E-state index contributed by atoms with van der Waals surface area (Å²) in [5.41, 5.74) is 1.27. The van der Waals surface area contributed by atoms with Crippen LogP contribution in [0.4, 0.5) is 0 Å². The van der Waals surface area contributed by atoms with Crippen molar-refractivity contribution < 1.29 is 0 Å². The third kappa shape index (κ3) is 3.23. The lowest BCUT2D eigenvalue weighted by atomic mass is 9.92. The molecule has 1 unspecified atom stereocenters. The Morgan fingerprint density at radius 3 is 2.75 bits per heavy atom. The molecule has 0 bridgehead atoms. The Hall–Kier alpha value is -0.530. The van der Waals surface area contributed by atoms with Gasteiger partial charge in [0.25, 0.3) is 0 Å². The minimum absolute atomic E-state index is 0.653. The van der Waals surface area contributed by atoms with Crippen LogP contribution in [-0.2, 0) is 6.42 Å². The van der Waals surface area contributed by atoms with Crippen LogP contribution in [0.25, 0.3) is 0 Å². The number of halogens is 1. The van der Waals surface area contributed by atoms with Crippen LogP contribution in [-0.4, -0.2) is 12.6 Å². The summed E-state index contributed by atoms with van der Waals surface area (Å²) in [5.74, 6) is 0.653. The monoisotopic (exact) mass is 237 g/mol. The molecule has 1 fully saturated rings. The number of rotatable bonds is 5. The second-order valence-electron chi connectivity index (χ2n) is 4.94. The predicted octanol–water partition coefficient (Wildman–Crippen LogP) is 3.66. The lowest BCUT2D eigenvalue weighted by Gasteiger charge is -2.28. The Kier molecular flexibility index (Phi) is 4.25. The second-order valence-corrected chi connectivity index (χ2v) is 5.34. The molecule has 0 saturated heterocycles. The average Bonchev–Trinajstić information content (AvgIpc) is 2.19. The molecule has 1 aromatic rings. The maximum atomic E-state index is 6.15. The summed E-state index contributed by atoms with van der Waals surface area (Å²) < 4.78 is 0. The molecule has 0 aromatic heterocycles. The van der Waals surface area contributed by atoms with Crippen molar-refractivity contribution in [1.82, 2.24) is 5.32 Å². The smallest absolute Gasteiger partial charge is 0.0438 e. The molecule has 0 spiro atoms. The predicted molar refractivity (Wildman–Crippen MR) is 70.0 cm³/mol. The van der Waals surface area contributed by atoms with Crippen molar-refractivity contribution in [2.24, 2.45) is 5.92 Å². The molecule has 0 radical (unpaired) electrons. The zero-order valence-corrected chi connectivity index (χ0v) is 10.6. The Labute approximate surface area is 103 Å². The highest BCUT2D eigenvalue weighted by Crippen LogP contribution is 2.20. The largest absolute Gasteiger partial charge is 0.314 e. The molecular formula is C14H20ClN. The van der Waals surface area contributed by atoms with Gasteiger partial charge in [-0.15, -0.1) is 0 Å². The maximum absolute atomic E-state index is 6.15. The van der Waals surface area contributed by atoms with E-state index in [9.17, 15) is 0 Å². The van der Waals surface area contributed by atoms with Gasteiger partial charge in [0.2, 0.25) is 0 Å². The van der Waals surface area contributed by atoms with E-state index in [2.05, 4.69) is 24.4 Å². The van der Waals surface area contributed by atoms with Crippen LogP contribution < -0.4 is 5.32 Å². The van der Waals surface area contributed by atoms with Crippen molar-refractivity contribution in [3.8, 4) is 0 Å². The van der Waals surface area contributed by atoms with E-state index in [4.69, 9.17) is 11.6 Å². The summed E-state index contributed by atoms with van der Waals surface area (Å²) in [6.45, 7) is 3.39. The number of nitrogens with one attached hydrogen (secondary N) is 1. The van der Waals surface area contributed by atoms with Crippen LogP contribution in [0, 0.1) is 5.92 Å². The van der Waals surface area contributed by atoms with Crippen molar-refractivity contribution in [1.29, 1.82) is 0 Å². The molecule has 1 nitrogen and oxygen atoms in total. The third-order valence-corrected chi connectivity index (χ3v) is 3.76. The Balaban J connectivity index is 1.77. The van der Waals surface area contributed by atoms with E-state index in [-0.39, 0.29) is 0 Å². The highest BCUT2D eigenvalue weighted by molar-refractivity contribution is 6.31. The summed E-state index contributed by atoms with van der Waals surface area (Å²) >= 11 is 6.15. The SMILES string of the molecule is CC(CNC1CCC1)Cc1ccccc1Cl. The van der Waals surface area contributed by atoms with Crippen LogP contribution in [0.3, 0.4) is 0 Å². The third-order valence-electron chi connectivity index (χ3n) is 3.39. The fraction of sp³-hybridized carbons (Fsp3) is 0.571. The number of hydrogen-bond donors (Lipinski definition) is 1. The summed E-state index contributed by atoms with van der Waals surface area (Å²) in [5, 5.41) is 4.52. The van der Waals surface area contributed by atoms with Gasteiger partial charge in [0.1, 0.15) is 0 Å². The van der Waals surface area contributed by atoms with Gasteiger partial charge >= 0.3 is 0 Å². The Bertz CT molecular complexity index is 333. The minimum Gasteiger partial charge on any atom is -0.314 e. The molecule has 0 amide bonds. The van der Waals surface area contributed by atoms with Gasteiger partial charge in [-0.1, -0.05) is 43.1 Å². The first-order valence-electron chi connectivity index (χ1n) is 6.22. The summed E-state index contributed by atoms with van der Waals surface area (Å²) in [6.07, 6.45) is 5.19. The lowest BCUT2D eigenvalue weighted by Crippen LogP contribution is -2.38. The molecule has 1 aromatic carbocycles. The van der Waals surface area contributed by atoms with Crippen molar-refractivity contribution >= 4 is 11.6 Å². The zero-order chi connectivity index (χ0) is 11.4. The quantitative estimate of drug-likeness (QED) is 0.824. The Morgan fingerprint density at radius 2 is 2.12 bits per heavy atom. The average molecular weight is 238 g/mol. The molecule has 2 heteroatoms. The lowest BCUT2D eigenvalue weighted by molar-refractivity contribution is 0.320. The van der Waals surface area contributed by atoms with Gasteiger partial charge in [-0.3, -0.25) is 0 Å². The van der Waals surface area contributed by atoms with Gasteiger partial charge in [-0.2, -0.15) is 0 Å². The molecule has 1 aliphatic carbocycles. The van der Waals surface area contributed by atoms with Crippen LogP contribution >= 0.6 is 11.6 Å². The highest BCUT2D eigenvalue weighted by atomic mass is 35.5. The molecule has 16 heavy (non-hydrogen) atoms. The topological polar surface area (TPSA) is 12.0 Å². The van der Waals surface area contributed by atoms with Crippen molar-refractivity contribution in [2.75, 3.05) is 6.54 Å². The van der Waals surface area contributed by atoms with E-state index in [0.29, 0.717) is 5.92 Å². The second kappa shape index (κ2) is 5.70. The fourth-order valence-electron chi connectivity index (χ4n) is 2.09. The van der Waals surface area contributed by atoms with E-state index in [1.807, 2.05) is 12.1 Å². The van der Waals surface area contributed by atoms with Gasteiger partial charge < -0.3 is 5.32 Å². The molecule has 0 aliphatic heterocycles. The molecule has 2 rings (SSSR count). The van der Waals surface area contributed by atoms with Crippen molar-refractivity contribution in [2.45, 2.75) is 38.6 Å². The number of hydrogen-bond acceptors (Lipinski definition) is 1. The van der Waals surface area contributed by atoms with Crippen molar-refractivity contribution in [3.63, 3.8) is 0 Å². The van der Waals surface area contributed by atoms with Gasteiger partial charge in [-0.25, -0.2) is 0 Å². The van der Waals surface area contributed by atoms with Crippen molar-refractivity contribution in [3.05, 3.63) is 34.9 Å². The highest BCUT2D eigenvalue weighted by Gasteiger charge is 2.17. The van der Waals surface area contributed by atoms with Crippen LogP contribution in [0.1, 0.15) is 31.7 Å². The molecule has 1 saturated carbocycles. The van der Waals surface area contributed by atoms with Gasteiger partial charge in [0.15, 0.2) is 0 Å². The van der Waals surface area contributed by atoms with E-state index >= 15 is 0 Å². The van der Waals surface area contributed by atoms with E-state index in [1.54, 1.807) is 0 Å². The first-order chi connectivity index (χ1) is 7.75. The first kappa shape index (κ1) is 11.9. The normalized spacial score (nSPS) is 18.1. The summed E-state index contributed by atoms with van der Waals surface area (Å²) in [4.78, 5) is 0. The molecule has 1 aliphatic rings. The molecule has 1 atom stereocenters. The Morgan fingerprint density at radius 1 is 1.38 bits per heavy atom. The summed E-state index contributed by atoms with van der Waals surface area (Å²) in [7, 11) is 0. The molecular weight excluding hydrogens is 218 g/mol. The minimum atomic E-state index is 0.653. The summed E-state index contributed by atoms with van der Waals surface area (Å²) in [6, 6.07) is 8.94. The van der Waals surface area contributed by atoms with Gasteiger partial charge in [-0.05, 0) is 43.4 Å². The van der Waals surface area contributed by atoms with E-state index in [0.717, 1.165) is 24.0 Å².